The summed E-state index contributed by atoms with van der Waals surface area (Å²) in [4.78, 5) is 4.60. The Morgan fingerprint density at radius 1 is 1.35 bits per heavy atom. The molecule has 0 saturated heterocycles. The van der Waals surface area contributed by atoms with Crippen molar-refractivity contribution in [3.05, 3.63) is 45.9 Å². The Morgan fingerprint density at radius 3 is 2.85 bits per heavy atom. The zero-order chi connectivity index (χ0) is 14.1. The van der Waals surface area contributed by atoms with Crippen LogP contribution in [0.3, 0.4) is 0 Å². The molecule has 0 fully saturated rings. The second kappa shape index (κ2) is 5.46. The third-order valence-electron chi connectivity index (χ3n) is 3.44. The molecule has 2 aromatic heterocycles. The number of thiophene rings is 1. The minimum absolute atomic E-state index is 0.403. The van der Waals surface area contributed by atoms with Crippen LogP contribution < -0.4 is 4.74 Å². The zero-order valence-corrected chi connectivity index (χ0v) is 13.0. The van der Waals surface area contributed by atoms with Crippen LogP contribution in [0.1, 0.15) is 17.0 Å². The molecule has 0 aliphatic carbocycles. The molecule has 0 spiro atoms. The number of hydrogen-bond acceptors (Lipinski definition) is 3. The maximum Gasteiger partial charge on any atom is 0.125 e. The van der Waals surface area contributed by atoms with Crippen LogP contribution in [0.2, 0.25) is 0 Å². The van der Waals surface area contributed by atoms with Gasteiger partial charge in [0.15, 0.2) is 0 Å². The highest BCUT2D eigenvalue weighted by molar-refractivity contribution is 7.08. The van der Waals surface area contributed by atoms with Gasteiger partial charge < -0.3 is 9.30 Å². The van der Waals surface area contributed by atoms with E-state index in [0.717, 1.165) is 29.2 Å². The smallest absolute Gasteiger partial charge is 0.125 e. The summed E-state index contributed by atoms with van der Waals surface area (Å²) in [6, 6.07) is 5.91. The molecule has 5 heteroatoms. The normalized spacial score (nSPS) is 11.2. The lowest BCUT2D eigenvalue weighted by Gasteiger charge is -2.08. The third kappa shape index (κ3) is 2.30. The monoisotopic (exact) mass is 306 g/mol. The zero-order valence-electron chi connectivity index (χ0n) is 11.4. The van der Waals surface area contributed by atoms with Crippen molar-refractivity contribution < 1.29 is 4.74 Å². The van der Waals surface area contributed by atoms with Gasteiger partial charge in [0.25, 0.3) is 0 Å². The van der Waals surface area contributed by atoms with Crippen molar-refractivity contribution in [2.24, 2.45) is 0 Å². The molecule has 0 amide bonds. The van der Waals surface area contributed by atoms with E-state index in [-0.39, 0.29) is 0 Å². The van der Waals surface area contributed by atoms with Crippen molar-refractivity contribution in [2.75, 3.05) is 7.11 Å². The van der Waals surface area contributed by atoms with E-state index in [9.17, 15) is 0 Å². The van der Waals surface area contributed by atoms with Crippen LogP contribution in [0.25, 0.3) is 11.0 Å². The number of rotatable bonds is 4. The molecule has 0 bridgehead atoms. The highest BCUT2D eigenvalue weighted by Gasteiger charge is 2.12. The summed E-state index contributed by atoms with van der Waals surface area (Å²) < 4.78 is 7.47. The standard InChI is InChI=1S/C15H15ClN2OS/c1-10-8-20-9-11(10)7-18-14-5-12(19-2)3-4-13(14)17-15(18)6-16/h3-5,8-9H,6-7H2,1-2H3. The van der Waals surface area contributed by atoms with Crippen molar-refractivity contribution in [1.82, 2.24) is 9.55 Å². The Morgan fingerprint density at radius 2 is 2.20 bits per heavy atom. The number of nitrogens with zero attached hydrogens (tertiary/aromatic N) is 2. The highest BCUT2D eigenvalue weighted by atomic mass is 35.5. The SMILES string of the molecule is COc1ccc2nc(CCl)n(Cc3cscc3C)c2c1. The summed E-state index contributed by atoms with van der Waals surface area (Å²) in [5.74, 6) is 2.13. The number of imidazole rings is 1. The molecular formula is C15H15ClN2OS. The lowest BCUT2D eigenvalue weighted by Crippen LogP contribution is -2.04. The van der Waals surface area contributed by atoms with E-state index in [1.165, 1.54) is 11.1 Å². The number of hydrogen-bond donors (Lipinski definition) is 0. The van der Waals surface area contributed by atoms with Gasteiger partial charge >= 0.3 is 0 Å². The lowest BCUT2D eigenvalue weighted by atomic mass is 10.2. The van der Waals surface area contributed by atoms with Gasteiger partial charge in [-0.3, -0.25) is 0 Å². The summed E-state index contributed by atoms with van der Waals surface area (Å²) in [7, 11) is 1.67. The van der Waals surface area contributed by atoms with Crippen LogP contribution in [0.5, 0.6) is 5.75 Å². The molecule has 0 saturated carbocycles. The summed E-state index contributed by atoms with van der Waals surface area (Å²) in [6.45, 7) is 2.92. The number of benzene rings is 1. The molecule has 104 valence electrons. The van der Waals surface area contributed by atoms with Crippen molar-refractivity contribution in [1.29, 1.82) is 0 Å². The Labute approximate surface area is 126 Å². The minimum Gasteiger partial charge on any atom is -0.497 e. The molecule has 3 nitrogen and oxygen atoms in total. The average molecular weight is 307 g/mol. The van der Waals surface area contributed by atoms with Gasteiger partial charge in [-0.15, -0.1) is 11.6 Å². The van der Waals surface area contributed by atoms with Gasteiger partial charge in [0.1, 0.15) is 11.6 Å². The average Bonchev–Trinajstić information content (AvgIpc) is 3.03. The van der Waals surface area contributed by atoms with Crippen LogP contribution >= 0.6 is 22.9 Å². The predicted molar refractivity (Wildman–Crippen MR) is 84.0 cm³/mol. The fourth-order valence-corrected chi connectivity index (χ4v) is 3.33. The first-order valence-corrected chi connectivity index (χ1v) is 7.81. The maximum atomic E-state index is 6.05. The highest BCUT2D eigenvalue weighted by Crippen LogP contribution is 2.25. The van der Waals surface area contributed by atoms with Crippen molar-refractivity contribution in [3.8, 4) is 5.75 Å². The van der Waals surface area contributed by atoms with E-state index in [2.05, 4.69) is 27.2 Å². The van der Waals surface area contributed by atoms with Gasteiger partial charge in [-0.05, 0) is 40.9 Å². The van der Waals surface area contributed by atoms with Crippen molar-refractivity contribution in [2.45, 2.75) is 19.3 Å². The number of alkyl halides is 1. The van der Waals surface area contributed by atoms with Gasteiger partial charge in [-0.25, -0.2) is 4.98 Å². The van der Waals surface area contributed by atoms with Gasteiger partial charge in [-0.2, -0.15) is 11.3 Å². The number of aryl methyl sites for hydroxylation is 1. The van der Waals surface area contributed by atoms with Gasteiger partial charge in [-0.1, -0.05) is 0 Å². The summed E-state index contributed by atoms with van der Waals surface area (Å²) >= 11 is 7.77. The summed E-state index contributed by atoms with van der Waals surface area (Å²) in [5.41, 5.74) is 4.63. The van der Waals surface area contributed by atoms with Crippen LogP contribution in [0, 0.1) is 6.92 Å². The Bertz CT molecular complexity index is 747. The van der Waals surface area contributed by atoms with Crippen molar-refractivity contribution >= 4 is 34.0 Å². The maximum absolute atomic E-state index is 6.05. The lowest BCUT2D eigenvalue weighted by molar-refractivity contribution is 0.415. The first kappa shape index (κ1) is 13.5. The van der Waals surface area contributed by atoms with E-state index in [1.54, 1.807) is 18.4 Å². The van der Waals surface area contributed by atoms with Gasteiger partial charge in [0.05, 0.1) is 30.6 Å². The van der Waals surface area contributed by atoms with E-state index in [0.29, 0.717) is 5.88 Å². The molecule has 0 aliphatic rings. The van der Waals surface area contributed by atoms with E-state index >= 15 is 0 Å². The first-order valence-electron chi connectivity index (χ1n) is 6.33. The second-order valence-electron chi connectivity index (χ2n) is 4.68. The topological polar surface area (TPSA) is 27.1 Å². The number of aromatic nitrogens is 2. The third-order valence-corrected chi connectivity index (χ3v) is 4.59. The predicted octanol–water partition coefficient (Wildman–Crippen LogP) is 4.20. The Balaban J connectivity index is 2.13. The minimum atomic E-state index is 0.403. The molecule has 20 heavy (non-hydrogen) atoms. The fourth-order valence-electron chi connectivity index (χ4n) is 2.28. The molecule has 0 atom stereocenters. The molecule has 0 unspecified atom stereocenters. The molecule has 0 N–H and O–H groups in total. The van der Waals surface area contributed by atoms with Crippen LogP contribution in [-0.4, -0.2) is 16.7 Å². The quantitative estimate of drug-likeness (QED) is 0.675. The molecule has 0 aliphatic heterocycles. The molecule has 1 aromatic carbocycles. The summed E-state index contributed by atoms with van der Waals surface area (Å²) in [6.07, 6.45) is 0. The molecule has 3 aromatic rings. The number of methoxy groups -OCH3 is 1. The number of fused-ring (bicyclic) bond motifs is 1. The van der Waals surface area contributed by atoms with E-state index in [4.69, 9.17) is 16.3 Å². The Hall–Kier alpha value is -1.52. The van der Waals surface area contributed by atoms with Gasteiger partial charge in [0, 0.05) is 6.07 Å². The molecular weight excluding hydrogens is 292 g/mol. The van der Waals surface area contributed by atoms with Crippen LogP contribution in [-0.2, 0) is 12.4 Å². The van der Waals surface area contributed by atoms with E-state index < -0.39 is 0 Å². The summed E-state index contributed by atoms with van der Waals surface area (Å²) in [5, 5.41) is 4.34. The van der Waals surface area contributed by atoms with Gasteiger partial charge in [0.2, 0.25) is 0 Å². The number of halogens is 1. The molecule has 2 heterocycles. The number of ether oxygens (including phenoxy) is 1. The van der Waals surface area contributed by atoms with Crippen LogP contribution in [0.4, 0.5) is 0 Å². The fraction of sp³-hybridized carbons (Fsp3) is 0.267. The molecule has 0 radical (unpaired) electrons. The first-order chi connectivity index (χ1) is 9.72. The van der Waals surface area contributed by atoms with E-state index in [1.807, 2.05) is 18.2 Å². The Kier molecular flexibility index (Phi) is 3.68. The largest absolute Gasteiger partial charge is 0.497 e. The molecule has 3 rings (SSSR count). The van der Waals surface area contributed by atoms with Crippen molar-refractivity contribution in [3.63, 3.8) is 0 Å². The second-order valence-corrected chi connectivity index (χ2v) is 5.69. The van der Waals surface area contributed by atoms with Crippen LogP contribution in [0.15, 0.2) is 29.0 Å².